The topological polar surface area (TPSA) is 26.3 Å². The van der Waals surface area contributed by atoms with Crippen LogP contribution in [-0.4, -0.2) is 12.6 Å². The molecule has 0 aliphatic carbocycles. The highest BCUT2D eigenvalue weighted by atomic mass is 16.5. The van der Waals surface area contributed by atoms with Gasteiger partial charge in [0.2, 0.25) is 0 Å². The summed E-state index contributed by atoms with van der Waals surface area (Å²) < 4.78 is 4.90. The van der Waals surface area contributed by atoms with Crippen LogP contribution in [0.15, 0.2) is 0 Å². The van der Waals surface area contributed by atoms with E-state index < -0.39 is 0 Å². The van der Waals surface area contributed by atoms with Gasteiger partial charge >= 0.3 is 5.97 Å². The van der Waals surface area contributed by atoms with Crippen LogP contribution in [0.2, 0.25) is 0 Å². The minimum atomic E-state index is 0.0214. The molecule has 58 valence electrons. The predicted molar refractivity (Wildman–Crippen MR) is 38.6 cm³/mol. The van der Waals surface area contributed by atoms with Crippen molar-refractivity contribution in [1.82, 2.24) is 0 Å². The number of esters is 1. The summed E-state index contributed by atoms with van der Waals surface area (Å²) in [5.74, 6) is 0.229. The van der Waals surface area contributed by atoms with Crippen molar-refractivity contribution >= 4 is 5.97 Å². The van der Waals surface area contributed by atoms with Gasteiger partial charge in [-0.15, -0.1) is 0 Å². The largest absolute Gasteiger partial charge is 0.465 e. The number of hydrogen-bond acceptors (Lipinski definition) is 2. The van der Waals surface area contributed by atoms with Gasteiger partial charge in [0.05, 0.1) is 12.5 Å². The lowest BCUT2D eigenvalue weighted by atomic mass is 9.97. The maximum absolute atomic E-state index is 11.0. The molecule has 0 spiro atoms. The van der Waals surface area contributed by atoms with Gasteiger partial charge in [0.1, 0.15) is 0 Å². The molecular formula is C8H14O2. The summed E-state index contributed by atoms with van der Waals surface area (Å²) in [5.41, 5.74) is 0. The lowest BCUT2D eigenvalue weighted by Gasteiger charge is -2.19. The van der Waals surface area contributed by atoms with E-state index in [2.05, 4.69) is 6.92 Å². The van der Waals surface area contributed by atoms with Gasteiger partial charge in [0.15, 0.2) is 0 Å². The first kappa shape index (κ1) is 7.58. The van der Waals surface area contributed by atoms with Crippen molar-refractivity contribution in [3.63, 3.8) is 0 Å². The Bertz CT molecular complexity index is 118. The molecule has 1 aliphatic rings. The van der Waals surface area contributed by atoms with E-state index in [9.17, 15) is 4.79 Å². The minimum absolute atomic E-state index is 0.0214. The monoisotopic (exact) mass is 142 g/mol. The quantitative estimate of drug-likeness (QED) is 0.549. The van der Waals surface area contributed by atoms with Crippen LogP contribution in [0.3, 0.4) is 0 Å². The van der Waals surface area contributed by atoms with Gasteiger partial charge in [-0.3, -0.25) is 4.79 Å². The molecule has 1 aliphatic heterocycles. The summed E-state index contributed by atoms with van der Waals surface area (Å²) in [6, 6.07) is 0. The SMILES string of the molecule is CCCC1CCCOC1=O. The second kappa shape index (κ2) is 3.59. The third-order valence-corrected chi connectivity index (χ3v) is 1.91. The summed E-state index contributed by atoms with van der Waals surface area (Å²) in [5, 5.41) is 0. The maximum Gasteiger partial charge on any atom is 0.308 e. The van der Waals surface area contributed by atoms with Crippen molar-refractivity contribution in [2.75, 3.05) is 6.61 Å². The maximum atomic E-state index is 11.0. The molecule has 1 atom stereocenters. The summed E-state index contributed by atoms with van der Waals surface area (Å²) in [6.45, 7) is 2.74. The van der Waals surface area contributed by atoms with Crippen LogP contribution in [0.5, 0.6) is 0 Å². The van der Waals surface area contributed by atoms with E-state index in [1.165, 1.54) is 0 Å². The van der Waals surface area contributed by atoms with Crippen molar-refractivity contribution < 1.29 is 9.53 Å². The summed E-state index contributed by atoms with van der Waals surface area (Å²) >= 11 is 0. The first-order valence-corrected chi connectivity index (χ1v) is 4.01. The van der Waals surface area contributed by atoms with E-state index in [0.717, 1.165) is 25.7 Å². The second-order valence-electron chi connectivity index (χ2n) is 2.80. The molecule has 1 rings (SSSR count). The fourth-order valence-electron chi connectivity index (χ4n) is 1.35. The molecule has 1 fully saturated rings. The number of rotatable bonds is 2. The molecule has 10 heavy (non-hydrogen) atoms. The minimum Gasteiger partial charge on any atom is -0.465 e. The lowest BCUT2D eigenvalue weighted by Crippen LogP contribution is -2.23. The third-order valence-electron chi connectivity index (χ3n) is 1.91. The van der Waals surface area contributed by atoms with E-state index in [0.29, 0.717) is 6.61 Å². The molecular weight excluding hydrogens is 128 g/mol. The van der Waals surface area contributed by atoms with Crippen molar-refractivity contribution in [1.29, 1.82) is 0 Å². The summed E-state index contributed by atoms with van der Waals surface area (Å²) in [7, 11) is 0. The average molecular weight is 142 g/mol. The molecule has 0 saturated carbocycles. The van der Waals surface area contributed by atoms with Crippen LogP contribution in [0.1, 0.15) is 32.6 Å². The fourth-order valence-corrected chi connectivity index (χ4v) is 1.35. The zero-order valence-electron chi connectivity index (χ0n) is 6.43. The average Bonchev–Trinajstić information content (AvgIpc) is 1.94. The highest BCUT2D eigenvalue weighted by Gasteiger charge is 2.22. The molecule has 1 saturated heterocycles. The van der Waals surface area contributed by atoms with Crippen LogP contribution in [0.4, 0.5) is 0 Å². The Morgan fingerprint density at radius 3 is 3.10 bits per heavy atom. The normalized spacial score (nSPS) is 26.1. The number of ether oxygens (including phenoxy) is 1. The van der Waals surface area contributed by atoms with E-state index in [1.807, 2.05) is 0 Å². The molecule has 0 aromatic rings. The Labute approximate surface area is 61.6 Å². The van der Waals surface area contributed by atoms with E-state index in [-0.39, 0.29) is 11.9 Å². The van der Waals surface area contributed by atoms with E-state index in [1.54, 1.807) is 0 Å². The number of carbonyl (C=O) groups is 1. The second-order valence-corrected chi connectivity index (χ2v) is 2.80. The van der Waals surface area contributed by atoms with Crippen molar-refractivity contribution in [3.8, 4) is 0 Å². The molecule has 0 aromatic carbocycles. The van der Waals surface area contributed by atoms with Crippen molar-refractivity contribution in [2.24, 2.45) is 5.92 Å². The highest BCUT2D eigenvalue weighted by Crippen LogP contribution is 2.19. The Balaban J connectivity index is 2.32. The summed E-state index contributed by atoms with van der Waals surface area (Å²) in [6.07, 6.45) is 4.17. The standard InChI is InChI=1S/C8H14O2/c1-2-4-7-5-3-6-10-8(7)9/h7H,2-6H2,1H3. The molecule has 2 nitrogen and oxygen atoms in total. The molecule has 1 heterocycles. The first-order valence-electron chi connectivity index (χ1n) is 4.01. The zero-order valence-corrected chi connectivity index (χ0v) is 6.43. The van der Waals surface area contributed by atoms with Gasteiger partial charge < -0.3 is 4.74 Å². The van der Waals surface area contributed by atoms with E-state index >= 15 is 0 Å². The molecule has 0 amide bonds. The third kappa shape index (κ3) is 1.72. The van der Waals surface area contributed by atoms with Gasteiger partial charge in [-0.05, 0) is 19.3 Å². The van der Waals surface area contributed by atoms with Gasteiger partial charge in [-0.1, -0.05) is 13.3 Å². The smallest absolute Gasteiger partial charge is 0.308 e. The number of hydrogen-bond donors (Lipinski definition) is 0. The first-order chi connectivity index (χ1) is 4.84. The Hall–Kier alpha value is -0.530. The Morgan fingerprint density at radius 2 is 2.50 bits per heavy atom. The number of cyclic esters (lactones) is 1. The van der Waals surface area contributed by atoms with Gasteiger partial charge in [-0.25, -0.2) is 0 Å². The molecule has 0 bridgehead atoms. The van der Waals surface area contributed by atoms with Gasteiger partial charge in [0.25, 0.3) is 0 Å². The fraction of sp³-hybridized carbons (Fsp3) is 0.875. The van der Waals surface area contributed by atoms with Gasteiger partial charge in [-0.2, -0.15) is 0 Å². The van der Waals surface area contributed by atoms with Crippen LogP contribution in [0.25, 0.3) is 0 Å². The predicted octanol–water partition coefficient (Wildman–Crippen LogP) is 1.74. The van der Waals surface area contributed by atoms with Gasteiger partial charge in [0, 0.05) is 0 Å². The van der Waals surface area contributed by atoms with Crippen LogP contribution < -0.4 is 0 Å². The Morgan fingerprint density at radius 1 is 1.70 bits per heavy atom. The zero-order chi connectivity index (χ0) is 7.40. The van der Waals surface area contributed by atoms with Crippen LogP contribution in [0, 0.1) is 5.92 Å². The van der Waals surface area contributed by atoms with Crippen molar-refractivity contribution in [3.05, 3.63) is 0 Å². The molecule has 0 N–H and O–H groups in total. The molecule has 2 heteroatoms. The highest BCUT2D eigenvalue weighted by molar-refractivity contribution is 5.72. The van der Waals surface area contributed by atoms with Crippen LogP contribution >= 0.6 is 0 Å². The van der Waals surface area contributed by atoms with E-state index in [4.69, 9.17) is 4.74 Å². The van der Waals surface area contributed by atoms with Crippen molar-refractivity contribution in [2.45, 2.75) is 32.6 Å². The molecule has 1 unspecified atom stereocenters. The summed E-state index contributed by atoms with van der Waals surface area (Å²) in [4.78, 5) is 11.0. The molecule has 0 aromatic heterocycles. The molecule has 0 radical (unpaired) electrons. The number of carbonyl (C=O) groups excluding carboxylic acids is 1. The lowest BCUT2D eigenvalue weighted by molar-refractivity contribution is -0.153. The van der Waals surface area contributed by atoms with Crippen LogP contribution in [-0.2, 0) is 9.53 Å². The Kier molecular flexibility index (Phi) is 2.72.